The molecule has 0 radical (unpaired) electrons. The normalized spacial score (nSPS) is 12.3. The van der Waals surface area contributed by atoms with Crippen molar-refractivity contribution in [2.75, 3.05) is 33.1 Å². The Kier molecular flexibility index (Phi) is 8.48. The number of anilines is 1. The van der Waals surface area contributed by atoms with Gasteiger partial charge in [0.25, 0.3) is 5.91 Å². The number of nitrogens with zero attached hydrogens (tertiary/aromatic N) is 3. The van der Waals surface area contributed by atoms with E-state index in [1.807, 2.05) is 56.3 Å². The molecule has 186 valence electrons. The first-order valence-electron chi connectivity index (χ1n) is 11.4. The van der Waals surface area contributed by atoms with E-state index in [4.69, 9.17) is 4.74 Å². The molecule has 0 fully saturated rings. The lowest BCUT2D eigenvalue weighted by molar-refractivity contribution is 0.0739. The molecule has 1 heterocycles. The third-order valence-electron chi connectivity index (χ3n) is 5.70. The molecule has 0 spiro atoms. The fourth-order valence-electron chi connectivity index (χ4n) is 3.53. The van der Waals surface area contributed by atoms with Crippen LogP contribution in [-0.2, 0) is 16.6 Å². The zero-order valence-corrected chi connectivity index (χ0v) is 21.5. The number of carbonyl (C=O) groups excluding carboxylic acids is 1. The Hall–Kier alpha value is -3.43. The largest absolute Gasteiger partial charge is 0.494 e. The minimum Gasteiger partial charge on any atom is -0.494 e. The smallest absolute Gasteiger partial charge is 0.254 e. The van der Waals surface area contributed by atoms with Crippen molar-refractivity contribution in [3.63, 3.8) is 0 Å². The molecule has 35 heavy (non-hydrogen) atoms. The van der Waals surface area contributed by atoms with Gasteiger partial charge in [0, 0.05) is 50.7 Å². The van der Waals surface area contributed by atoms with Gasteiger partial charge in [-0.3, -0.25) is 9.78 Å². The fourth-order valence-corrected chi connectivity index (χ4v) is 4.50. The summed E-state index contributed by atoms with van der Waals surface area (Å²) in [6.45, 7) is 4.73. The van der Waals surface area contributed by atoms with E-state index in [2.05, 4.69) is 10.3 Å². The van der Waals surface area contributed by atoms with E-state index >= 15 is 0 Å². The molecule has 1 N–H and O–H groups in total. The molecule has 0 aliphatic rings. The molecule has 9 heteroatoms. The first-order valence-corrected chi connectivity index (χ1v) is 12.8. The Labute approximate surface area is 207 Å². The number of hydrogen-bond acceptors (Lipinski definition) is 6. The minimum absolute atomic E-state index is 0.0350. The van der Waals surface area contributed by atoms with Crippen molar-refractivity contribution in [3.8, 4) is 5.75 Å². The number of sulfonamides is 1. The number of ether oxygens (including phenoxy) is 1. The molecule has 0 saturated carbocycles. The average Bonchev–Trinajstić information content (AvgIpc) is 2.87. The second-order valence-electron chi connectivity index (χ2n) is 8.27. The average molecular weight is 497 g/mol. The summed E-state index contributed by atoms with van der Waals surface area (Å²) in [5.41, 5.74) is 2.44. The van der Waals surface area contributed by atoms with E-state index in [0.29, 0.717) is 18.8 Å². The number of aromatic nitrogens is 1. The van der Waals surface area contributed by atoms with Crippen LogP contribution < -0.4 is 10.1 Å². The molecule has 3 rings (SSSR count). The van der Waals surface area contributed by atoms with Crippen molar-refractivity contribution in [1.82, 2.24) is 14.2 Å². The van der Waals surface area contributed by atoms with Crippen molar-refractivity contribution in [2.45, 2.75) is 31.3 Å². The topological polar surface area (TPSA) is 91.8 Å². The van der Waals surface area contributed by atoms with Gasteiger partial charge in [0.15, 0.2) is 0 Å². The maximum atomic E-state index is 13.4. The van der Waals surface area contributed by atoms with Gasteiger partial charge in [-0.2, -0.15) is 0 Å². The van der Waals surface area contributed by atoms with Crippen molar-refractivity contribution in [3.05, 3.63) is 83.7 Å². The van der Waals surface area contributed by atoms with Crippen LogP contribution in [-0.4, -0.2) is 56.3 Å². The Bertz CT molecular complexity index is 1260. The highest BCUT2D eigenvalue weighted by Gasteiger charge is 2.24. The number of pyridine rings is 1. The number of benzene rings is 2. The van der Waals surface area contributed by atoms with Gasteiger partial charge in [0.2, 0.25) is 10.0 Å². The first kappa shape index (κ1) is 26.2. The molecular formula is C26H32N4O4S. The van der Waals surface area contributed by atoms with E-state index in [0.717, 1.165) is 21.3 Å². The van der Waals surface area contributed by atoms with Crippen molar-refractivity contribution < 1.29 is 17.9 Å². The number of hydrogen-bond donors (Lipinski definition) is 1. The Balaban J connectivity index is 1.95. The van der Waals surface area contributed by atoms with Crippen molar-refractivity contribution in [2.24, 2.45) is 0 Å². The zero-order valence-electron chi connectivity index (χ0n) is 20.7. The van der Waals surface area contributed by atoms with Crippen LogP contribution in [0.2, 0.25) is 0 Å². The first-order chi connectivity index (χ1) is 16.6. The lowest BCUT2D eigenvalue weighted by atomic mass is 10.1. The van der Waals surface area contributed by atoms with Crippen LogP contribution in [0.4, 0.5) is 5.69 Å². The second-order valence-corrected chi connectivity index (χ2v) is 10.4. The van der Waals surface area contributed by atoms with E-state index in [1.54, 1.807) is 24.2 Å². The summed E-state index contributed by atoms with van der Waals surface area (Å²) >= 11 is 0. The summed E-state index contributed by atoms with van der Waals surface area (Å²) in [4.78, 5) is 19.3. The Morgan fingerprint density at radius 1 is 1.06 bits per heavy atom. The number of carbonyl (C=O) groups is 1. The lowest BCUT2D eigenvalue weighted by Crippen LogP contribution is -2.30. The SMILES string of the molecule is CCOc1ccccc1CNc1cc(C(=O)N(C)C(C)c2ccccn2)cc(S(=O)(=O)N(C)C)c1. The predicted octanol–water partition coefficient (Wildman–Crippen LogP) is 4.18. The maximum absolute atomic E-state index is 13.4. The number of amides is 1. The monoisotopic (exact) mass is 496 g/mol. The third-order valence-corrected chi connectivity index (χ3v) is 7.50. The zero-order chi connectivity index (χ0) is 25.6. The van der Waals surface area contributed by atoms with E-state index in [1.165, 1.54) is 26.2 Å². The van der Waals surface area contributed by atoms with Crippen molar-refractivity contribution >= 4 is 21.6 Å². The van der Waals surface area contributed by atoms with Gasteiger partial charge in [0.05, 0.1) is 23.2 Å². The molecule has 1 atom stereocenters. The molecule has 8 nitrogen and oxygen atoms in total. The third kappa shape index (κ3) is 6.17. The lowest BCUT2D eigenvalue weighted by Gasteiger charge is -2.25. The summed E-state index contributed by atoms with van der Waals surface area (Å²) in [7, 11) is 0.839. The summed E-state index contributed by atoms with van der Waals surface area (Å²) in [6, 6.07) is 17.5. The van der Waals surface area contributed by atoms with Crippen LogP contribution in [0.15, 0.2) is 71.8 Å². The maximum Gasteiger partial charge on any atom is 0.254 e. The quantitative estimate of drug-likeness (QED) is 0.453. The molecule has 2 aromatic carbocycles. The molecule has 1 aromatic heterocycles. The van der Waals surface area contributed by atoms with Gasteiger partial charge in [-0.15, -0.1) is 0 Å². The Morgan fingerprint density at radius 2 is 1.77 bits per heavy atom. The molecule has 3 aromatic rings. The van der Waals surface area contributed by atoms with Crippen LogP contribution in [0.25, 0.3) is 0 Å². The highest BCUT2D eigenvalue weighted by molar-refractivity contribution is 7.89. The highest BCUT2D eigenvalue weighted by Crippen LogP contribution is 2.26. The van der Waals surface area contributed by atoms with Gasteiger partial charge in [-0.25, -0.2) is 12.7 Å². The molecule has 0 bridgehead atoms. The van der Waals surface area contributed by atoms with Crippen LogP contribution >= 0.6 is 0 Å². The molecule has 1 amide bonds. The van der Waals surface area contributed by atoms with Crippen LogP contribution in [0.5, 0.6) is 5.75 Å². The van der Waals surface area contributed by atoms with E-state index in [9.17, 15) is 13.2 Å². The van der Waals surface area contributed by atoms with Gasteiger partial charge in [-0.1, -0.05) is 24.3 Å². The number of rotatable bonds is 10. The van der Waals surface area contributed by atoms with Gasteiger partial charge >= 0.3 is 0 Å². The fraction of sp³-hybridized carbons (Fsp3) is 0.308. The predicted molar refractivity (Wildman–Crippen MR) is 137 cm³/mol. The van der Waals surface area contributed by atoms with Crippen LogP contribution in [0.3, 0.4) is 0 Å². The van der Waals surface area contributed by atoms with E-state index in [-0.39, 0.29) is 22.4 Å². The molecule has 0 saturated heterocycles. The second kappa shape index (κ2) is 11.3. The summed E-state index contributed by atoms with van der Waals surface area (Å²) in [5.74, 6) is 0.441. The summed E-state index contributed by atoms with van der Waals surface area (Å²) in [5, 5.41) is 3.26. The number of nitrogens with one attached hydrogen (secondary N) is 1. The summed E-state index contributed by atoms with van der Waals surface area (Å²) < 4.78 is 32.7. The Morgan fingerprint density at radius 3 is 2.43 bits per heavy atom. The van der Waals surface area contributed by atoms with Gasteiger partial charge in [0.1, 0.15) is 5.75 Å². The molecule has 0 aliphatic heterocycles. The van der Waals surface area contributed by atoms with E-state index < -0.39 is 10.0 Å². The standard InChI is InChI=1S/C26H32N4O4S/c1-6-34-25-13-8-7-11-20(25)18-28-22-15-21(16-23(17-22)35(32,33)29(3)4)26(31)30(5)19(2)24-12-9-10-14-27-24/h7-17,19,28H,6,18H2,1-5H3. The molecule has 0 aliphatic carbocycles. The minimum atomic E-state index is -3.77. The van der Waals surface area contributed by atoms with Crippen LogP contribution in [0.1, 0.15) is 41.5 Å². The van der Waals surface area contributed by atoms with Gasteiger partial charge < -0.3 is 15.0 Å². The van der Waals surface area contributed by atoms with Crippen LogP contribution in [0, 0.1) is 0 Å². The molecular weight excluding hydrogens is 464 g/mol. The van der Waals surface area contributed by atoms with Crippen molar-refractivity contribution in [1.29, 1.82) is 0 Å². The van der Waals surface area contributed by atoms with Gasteiger partial charge in [-0.05, 0) is 50.2 Å². The summed E-state index contributed by atoms with van der Waals surface area (Å²) in [6.07, 6.45) is 1.68. The highest BCUT2D eigenvalue weighted by atomic mass is 32.2. The molecule has 1 unspecified atom stereocenters. The number of para-hydroxylation sites is 1.